The molecule has 3 fully saturated rings. The number of hydrogen-bond acceptors (Lipinski definition) is 6. The fourth-order valence-electron chi connectivity index (χ4n) is 4.24. The molecule has 2 N–H and O–H groups in total. The molecular weight excluding hydrogens is 314 g/mol. The van der Waals surface area contributed by atoms with E-state index in [-0.39, 0.29) is 34.5 Å². The zero-order valence-electron chi connectivity index (χ0n) is 13.4. The Labute approximate surface area is 139 Å². The Morgan fingerprint density at radius 1 is 1.33 bits per heavy atom. The maximum absolute atomic E-state index is 12.6. The van der Waals surface area contributed by atoms with E-state index in [2.05, 4.69) is 0 Å². The van der Waals surface area contributed by atoms with Crippen molar-refractivity contribution in [3.05, 3.63) is 41.1 Å². The molecule has 0 saturated carbocycles. The van der Waals surface area contributed by atoms with E-state index in [1.165, 1.54) is 0 Å². The van der Waals surface area contributed by atoms with Crippen molar-refractivity contribution in [1.29, 1.82) is 0 Å². The Morgan fingerprint density at radius 3 is 2.46 bits per heavy atom. The number of nitrogens with zero attached hydrogens (tertiary/aromatic N) is 1. The van der Waals surface area contributed by atoms with E-state index in [1.54, 1.807) is 37.4 Å². The molecule has 7 nitrogen and oxygen atoms in total. The molecule has 3 heterocycles. The predicted molar refractivity (Wildman–Crippen MR) is 82.3 cm³/mol. The molecule has 0 radical (unpaired) electrons. The van der Waals surface area contributed by atoms with Crippen LogP contribution in [0.15, 0.2) is 30.3 Å². The van der Waals surface area contributed by atoms with Gasteiger partial charge in [0.2, 0.25) is 5.60 Å². The van der Waals surface area contributed by atoms with Gasteiger partial charge >= 0.3 is 5.97 Å². The Kier molecular flexibility index (Phi) is 3.49. The van der Waals surface area contributed by atoms with Crippen LogP contribution in [0.5, 0.6) is 0 Å². The summed E-state index contributed by atoms with van der Waals surface area (Å²) in [6.45, 7) is -0.765. The molecule has 4 rings (SSSR count). The average molecular weight is 335 g/mol. The molecule has 0 aliphatic carbocycles. The van der Waals surface area contributed by atoms with E-state index in [1.807, 2.05) is 0 Å². The first-order valence-corrected chi connectivity index (χ1v) is 8.20. The van der Waals surface area contributed by atoms with Gasteiger partial charge in [-0.3, -0.25) is 0 Å². The van der Waals surface area contributed by atoms with Gasteiger partial charge in [0.1, 0.15) is 30.4 Å². The normalized spacial score (nSPS) is 42.1. The van der Waals surface area contributed by atoms with Crippen molar-refractivity contribution in [2.45, 2.75) is 48.8 Å². The maximum Gasteiger partial charge on any atom is 0.345 e. The maximum atomic E-state index is 12.6. The van der Waals surface area contributed by atoms with Crippen LogP contribution < -0.4 is 0 Å². The molecule has 130 valence electrons. The highest BCUT2D eigenvalue weighted by Crippen LogP contribution is 2.52. The van der Waals surface area contributed by atoms with E-state index in [4.69, 9.17) is 9.47 Å². The van der Waals surface area contributed by atoms with E-state index in [9.17, 15) is 20.2 Å². The molecule has 0 spiro atoms. The second kappa shape index (κ2) is 5.24. The SMILES string of the molecule is C[N+]1([O-])[C@@H]2CC(OC(=O)[C@@](O)(CO)c3ccccc3)C[C@H]1[C@@H]1O[C@@H]12. The van der Waals surface area contributed by atoms with Crippen LogP contribution >= 0.6 is 0 Å². The lowest BCUT2D eigenvalue weighted by Crippen LogP contribution is -2.59. The largest absolute Gasteiger partial charge is 0.632 e. The van der Waals surface area contributed by atoms with Crippen molar-refractivity contribution in [3.8, 4) is 0 Å². The van der Waals surface area contributed by atoms with Gasteiger partial charge < -0.3 is 29.5 Å². The van der Waals surface area contributed by atoms with Crippen molar-refractivity contribution in [2.24, 2.45) is 0 Å². The Balaban J connectivity index is 1.49. The van der Waals surface area contributed by atoms with Crippen molar-refractivity contribution >= 4 is 5.97 Å². The van der Waals surface area contributed by atoms with Crippen LogP contribution in [0.3, 0.4) is 0 Å². The number of fused-ring (bicyclic) bond motifs is 5. The standard InChI is InChI=1S/C17H21NO6/c1-18(22)12-7-11(8-13(18)15-14(12)24-15)23-16(20)17(21,9-19)10-5-3-2-4-6-10/h2-6,11-15,19,21H,7-9H2,1H3/t11?,12-,13+,14-,15+,17-,18?/m1/s1. The number of aliphatic hydroxyl groups excluding tert-OH is 1. The topological polar surface area (TPSA) is 102 Å². The summed E-state index contributed by atoms with van der Waals surface area (Å²) in [5.41, 5.74) is -1.81. The third-order valence-corrected chi connectivity index (χ3v) is 5.74. The number of hydroxylamine groups is 3. The number of carbonyl (C=O) groups excluding carboxylic acids is 1. The molecule has 7 heteroatoms. The van der Waals surface area contributed by atoms with E-state index >= 15 is 0 Å². The van der Waals surface area contributed by atoms with Crippen molar-refractivity contribution < 1.29 is 29.1 Å². The highest BCUT2D eigenvalue weighted by Gasteiger charge is 2.69. The number of morpholine rings is 1. The lowest BCUT2D eigenvalue weighted by atomic mass is 9.94. The second-order valence-corrected chi connectivity index (χ2v) is 7.14. The summed E-state index contributed by atoms with van der Waals surface area (Å²) < 4.78 is 10.7. The summed E-state index contributed by atoms with van der Waals surface area (Å²) in [6, 6.07) is 7.78. The van der Waals surface area contributed by atoms with Crippen LogP contribution in [0.2, 0.25) is 0 Å². The molecule has 7 atom stereocenters. The molecule has 2 unspecified atom stereocenters. The van der Waals surface area contributed by atoms with Gasteiger partial charge in [0, 0.05) is 12.8 Å². The number of aliphatic hydroxyl groups is 2. The monoisotopic (exact) mass is 335 g/mol. The molecule has 3 aliphatic rings. The molecule has 1 aromatic rings. The van der Waals surface area contributed by atoms with Crippen LogP contribution in [-0.2, 0) is 19.9 Å². The van der Waals surface area contributed by atoms with E-state index in [0.717, 1.165) is 0 Å². The van der Waals surface area contributed by atoms with E-state index < -0.39 is 24.3 Å². The minimum atomic E-state index is -2.09. The summed E-state index contributed by atoms with van der Waals surface area (Å²) in [4.78, 5) is 12.5. The van der Waals surface area contributed by atoms with Crippen molar-refractivity contribution in [3.63, 3.8) is 0 Å². The quantitative estimate of drug-likeness (QED) is 0.348. The number of ether oxygens (including phenoxy) is 2. The van der Waals surface area contributed by atoms with Crippen LogP contribution in [0.25, 0.3) is 0 Å². The predicted octanol–water partition coefficient (Wildman–Crippen LogP) is 0.0347. The molecule has 0 amide bonds. The fraction of sp³-hybridized carbons (Fsp3) is 0.588. The van der Waals surface area contributed by atoms with Gasteiger partial charge in [-0.25, -0.2) is 4.79 Å². The summed E-state index contributed by atoms with van der Waals surface area (Å²) >= 11 is 0. The zero-order valence-corrected chi connectivity index (χ0v) is 13.4. The Hall–Kier alpha value is -1.51. The third-order valence-electron chi connectivity index (χ3n) is 5.74. The minimum Gasteiger partial charge on any atom is -0.632 e. The molecule has 2 bridgehead atoms. The molecule has 3 aliphatic heterocycles. The van der Waals surface area contributed by atoms with Gasteiger partial charge in [-0.1, -0.05) is 30.3 Å². The Bertz CT molecular complexity index is 630. The Morgan fingerprint density at radius 2 is 1.92 bits per heavy atom. The van der Waals surface area contributed by atoms with E-state index in [0.29, 0.717) is 12.8 Å². The van der Waals surface area contributed by atoms with Gasteiger partial charge in [0.25, 0.3) is 0 Å². The lowest BCUT2D eigenvalue weighted by Gasteiger charge is -2.51. The first-order valence-electron chi connectivity index (χ1n) is 8.20. The van der Waals surface area contributed by atoms with Gasteiger partial charge in [-0.05, 0) is 5.56 Å². The second-order valence-electron chi connectivity index (χ2n) is 7.14. The highest BCUT2D eigenvalue weighted by atomic mass is 16.6. The van der Waals surface area contributed by atoms with Crippen LogP contribution in [0.1, 0.15) is 18.4 Å². The number of quaternary nitrogens is 1. The third kappa shape index (κ3) is 2.20. The van der Waals surface area contributed by atoms with Gasteiger partial charge in [0.15, 0.2) is 0 Å². The van der Waals surface area contributed by atoms with Crippen molar-refractivity contribution in [2.75, 3.05) is 13.7 Å². The number of likely N-dealkylation sites (N-methyl/N-ethyl adjacent to an activating group) is 1. The van der Waals surface area contributed by atoms with Gasteiger partial charge in [-0.15, -0.1) is 0 Å². The van der Waals surface area contributed by atoms with Crippen molar-refractivity contribution in [1.82, 2.24) is 0 Å². The minimum absolute atomic E-state index is 0.0351. The first-order chi connectivity index (χ1) is 11.4. The summed E-state index contributed by atoms with van der Waals surface area (Å²) in [5, 5.41) is 32.8. The summed E-state index contributed by atoms with van der Waals surface area (Å²) in [6.07, 6.45) is 0.323. The van der Waals surface area contributed by atoms with Gasteiger partial charge in [-0.2, -0.15) is 0 Å². The lowest BCUT2D eigenvalue weighted by molar-refractivity contribution is -0.911. The van der Waals surface area contributed by atoms with Crippen LogP contribution in [-0.4, -0.2) is 64.9 Å². The van der Waals surface area contributed by atoms with Crippen LogP contribution in [0, 0.1) is 5.21 Å². The molecule has 3 saturated heterocycles. The summed E-state index contributed by atoms with van der Waals surface area (Å²) in [7, 11) is 1.65. The fourth-order valence-corrected chi connectivity index (χ4v) is 4.24. The number of carbonyl (C=O) groups is 1. The molecule has 1 aromatic carbocycles. The zero-order chi connectivity index (χ0) is 17.1. The smallest absolute Gasteiger partial charge is 0.345 e. The highest BCUT2D eigenvalue weighted by molar-refractivity contribution is 5.81. The molecular formula is C17H21NO6. The molecule has 24 heavy (non-hydrogen) atoms. The number of benzene rings is 1. The van der Waals surface area contributed by atoms with Crippen LogP contribution in [0.4, 0.5) is 0 Å². The number of epoxide rings is 1. The van der Waals surface area contributed by atoms with Gasteiger partial charge in [0.05, 0.1) is 13.7 Å². The average Bonchev–Trinajstić information content (AvgIpc) is 3.33. The molecule has 0 aromatic heterocycles. The number of rotatable bonds is 4. The number of esters is 1. The number of hydrogen-bond donors (Lipinski definition) is 2. The number of piperidine rings is 1. The summed E-state index contributed by atoms with van der Waals surface area (Å²) in [5.74, 6) is -0.878. The first kappa shape index (κ1) is 16.0.